The van der Waals surface area contributed by atoms with Crippen molar-refractivity contribution in [3.05, 3.63) is 58.7 Å². The number of hydrogen-bond donors (Lipinski definition) is 1. The molecule has 0 saturated heterocycles. The van der Waals surface area contributed by atoms with E-state index in [0.717, 1.165) is 33.6 Å². The van der Waals surface area contributed by atoms with E-state index in [2.05, 4.69) is 11.4 Å². The van der Waals surface area contributed by atoms with Crippen molar-refractivity contribution in [1.82, 2.24) is 0 Å². The Morgan fingerprint density at radius 3 is 2.12 bits per heavy atom. The predicted octanol–water partition coefficient (Wildman–Crippen LogP) is 4.30. The van der Waals surface area contributed by atoms with Crippen molar-refractivity contribution in [3.8, 4) is 0 Å². The van der Waals surface area contributed by atoms with Crippen molar-refractivity contribution in [2.24, 2.45) is 0 Å². The van der Waals surface area contributed by atoms with E-state index in [1.807, 2.05) is 58.0 Å². The van der Waals surface area contributed by atoms with Crippen LogP contribution in [0.2, 0.25) is 0 Å². The molecule has 0 fully saturated rings. The molecule has 0 saturated carbocycles. The normalized spacial score (nSPS) is 10.4. The number of carbonyl (C=O) groups excluding carboxylic acids is 2. The molecule has 2 rings (SSSR count). The van der Waals surface area contributed by atoms with E-state index in [0.29, 0.717) is 6.54 Å². The fraction of sp³-hybridized carbons (Fsp3) is 0.333. The number of nitrogens with one attached hydrogen (secondary N) is 1. The van der Waals surface area contributed by atoms with Gasteiger partial charge in [-0.05, 0) is 62.6 Å². The summed E-state index contributed by atoms with van der Waals surface area (Å²) in [5.74, 6) is -0.160. The summed E-state index contributed by atoms with van der Waals surface area (Å²) >= 11 is 0. The van der Waals surface area contributed by atoms with Crippen molar-refractivity contribution in [3.63, 3.8) is 0 Å². The Morgan fingerprint density at radius 2 is 1.56 bits per heavy atom. The van der Waals surface area contributed by atoms with Crippen molar-refractivity contribution in [2.75, 3.05) is 16.8 Å². The van der Waals surface area contributed by atoms with Gasteiger partial charge in [-0.3, -0.25) is 9.59 Å². The largest absolute Gasteiger partial charge is 0.326 e. The zero-order chi connectivity index (χ0) is 18.6. The van der Waals surface area contributed by atoms with Gasteiger partial charge >= 0.3 is 0 Å². The van der Waals surface area contributed by atoms with Gasteiger partial charge in [0.25, 0.3) is 0 Å². The molecular weight excluding hydrogens is 312 g/mol. The van der Waals surface area contributed by atoms with Gasteiger partial charge in [-0.1, -0.05) is 23.8 Å². The third-order valence-corrected chi connectivity index (χ3v) is 4.09. The average molecular weight is 338 g/mol. The number of benzene rings is 2. The van der Waals surface area contributed by atoms with Crippen molar-refractivity contribution >= 4 is 23.2 Å². The fourth-order valence-corrected chi connectivity index (χ4v) is 3.04. The summed E-state index contributed by atoms with van der Waals surface area (Å²) in [7, 11) is 0. The van der Waals surface area contributed by atoms with Gasteiger partial charge in [0.15, 0.2) is 0 Å². The quantitative estimate of drug-likeness (QED) is 0.883. The number of hydrogen-bond acceptors (Lipinski definition) is 2. The molecule has 0 heterocycles. The van der Waals surface area contributed by atoms with Crippen LogP contribution in [0.4, 0.5) is 11.4 Å². The van der Waals surface area contributed by atoms with Crippen LogP contribution >= 0.6 is 0 Å². The van der Waals surface area contributed by atoms with E-state index >= 15 is 0 Å². The Kier molecular flexibility index (Phi) is 5.97. The second kappa shape index (κ2) is 7.97. The highest BCUT2D eigenvalue weighted by Crippen LogP contribution is 2.22. The van der Waals surface area contributed by atoms with Crippen molar-refractivity contribution in [2.45, 2.75) is 41.0 Å². The van der Waals surface area contributed by atoms with Gasteiger partial charge in [0.2, 0.25) is 11.8 Å². The second-order valence-electron chi connectivity index (χ2n) is 6.64. The maximum atomic E-state index is 12.3. The smallest absolute Gasteiger partial charge is 0.226 e. The van der Waals surface area contributed by atoms with Gasteiger partial charge in [0.1, 0.15) is 0 Å². The monoisotopic (exact) mass is 338 g/mol. The summed E-state index contributed by atoms with van der Waals surface area (Å²) in [6.45, 7) is 9.89. The summed E-state index contributed by atoms with van der Waals surface area (Å²) < 4.78 is 0. The minimum atomic E-state index is -0.0963. The standard InChI is InChI=1S/C21H26N2O2/c1-14-6-7-20(17(4)11-14)23(18(5)24)9-8-21(25)22-19-12-15(2)10-16(3)13-19/h6-7,10-13H,8-9H2,1-5H3,(H,22,25). The molecule has 25 heavy (non-hydrogen) atoms. The Balaban J connectivity index is 2.05. The summed E-state index contributed by atoms with van der Waals surface area (Å²) in [5, 5.41) is 2.92. The van der Waals surface area contributed by atoms with E-state index in [1.54, 1.807) is 4.90 Å². The van der Waals surface area contributed by atoms with E-state index in [4.69, 9.17) is 0 Å². The maximum Gasteiger partial charge on any atom is 0.226 e. The van der Waals surface area contributed by atoms with E-state index < -0.39 is 0 Å². The number of aryl methyl sites for hydroxylation is 4. The summed E-state index contributed by atoms with van der Waals surface area (Å²) in [5.41, 5.74) is 6.05. The van der Waals surface area contributed by atoms with Crippen LogP contribution in [0.1, 0.15) is 35.6 Å². The first-order chi connectivity index (χ1) is 11.8. The van der Waals surface area contributed by atoms with Crippen molar-refractivity contribution in [1.29, 1.82) is 0 Å². The molecule has 2 amide bonds. The van der Waals surface area contributed by atoms with Gasteiger partial charge in [0, 0.05) is 31.3 Å². The van der Waals surface area contributed by atoms with Crippen LogP contribution in [0.5, 0.6) is 0 Å². The lowest BCUT2D eigenvalue weighted by atomic mass is 10.1. The summed E-state index contributed by atoms with van der Waals surface area (Å²) in [4.78, 5) is 26.0. The lowest BCUT2D eigenvalue weighted by Crippen LogP contribution is -2.32. The van der Waals surface area contributed by atoms with Crippen LogP contribution in [-0.4, -0.2) is 18.4 Å². The first kappa shape index (κ1) is 18.7. The Morgan fingerprint density at radius 1 is 0.920 bits per heavy atom. The molecule has 1 N–H and O–H groups in total. The zero-order valence-corrected chi connectivity index (χ0v) is 15.6. The topological polar surface area (TPSA) is 49.4 Å². The lowest BCUT2D eigenvalue weighted by Gasteiger charge is -2.23. The molecule has 2 aromatic carbocycles. The molecule has 132 valence electrons. The molecule has 0 radical (unpaired) electrons. The van der Waals surface area contributed by atoms with Crippen LogP contribution in [0, 0.1) is 27.7 Å². The molecule has 4 nitrogen and oxygen atoms in total. The maximum absolute atomic E-state index is 12.3. The molecule has 4 heteroatoms. The zero-order valence-electron chi connectivity index (χ0n) is 15.6. The van der Waals surface area contributed by atoms with Crippen LogP contribution in [0.25, 0.3) is 0 Å². The molecule has 0 unspecified atom stereocenters. The SMILES string of the molecule is CC(=O)N(CCC(=O)Nc1cc(C)cc(C)c1)c1ccc(C)cc1C. The van der Waals surface area contributed by atoms with Gasteiger partial charge < -0.3 is 10.2 Å². The van der Waals surface area contributed by atoms with Crippen LogP contribution in [0.3, 0.4) is 0 Å². The molecule has 0 aliphatic heterocycles. The Bertz CT molecular complexity index is 776. The Hall–Kier alpha value is -2.62. The molecule has 0 atom stereocenters. The molecule has 0 aliphatic rings. The third-order valence-electron chi connectivity index (χ3n) is 4.09. The van der Waals surface area contributed by atoms with E-state index in [-0.39, 0.29) is 18.2 Å². The molecular formula is C21H26N2O2. The first-order valence-corrected chi connectivity index (χ1v) is 8.50. The first-order valence-electron chi connectivity index (χ1n) is 8.50. The van der Waals surface area contributed by atoms with Gasteiger partial charge in [-0.2, -0.15) is 0 Å². The lowest BCUT2D eigenvalue weighted by molar-refractivity contribution is -0.117. The number of carbonyl (C=O) groups is 2. The average Bonchev–Trinajstić information content (AvgIpc) is 2.47. The molecule has 0 aliphatic carbocycles. The minimum Gasteiger partial charge on any atom is -0.326 e. The highest BCUT2D eigenvalue weighted by atomic mass is 16.2. The summed E-state index contributed by atoms with van der Waals surface area (Å²) in [6, 6.07) is 11.9. The fourth-order valence-electron chi connectivity index (χ4n) is 3.04. The third kappa shape index (κ3) is 5.18. The minimum absolute atomic E-state index is 0.0637. The van der Waals surface area contributed by atoms with E-state index in [9.17, 15) is 9.59 Å². The molecule has 0 spiro atoms. The van der Waals surface area contributed by atoms with Gasteiger partial charge in [-0.25, -0.2) is 0 Å². The van der Waals surface area contributed by atoms with Crippen LogP contribution in [-0.2, 0) is 9.59 Å². The van der Waals surface area contributed by atoms with Crippen LogP contribution < -0.4 is 10.2 Å². The number of rotatable bonds is 5. The second-order valence-corrected chi connectivity index (χ2v) is 6.64. The van der Waals surface area contributed by atoms with Crippen molar-refractivity contribution < 1.29 is 9.59 Å². The highest BCUT2D eigenvalue weighted by Gasteiger charge is 2.15. The molecule has 2 aromatic rings. The highest BCUT2D eigenvalue weighted by molar-refractivity contribution is 5.95. The Labute approximate surface area is 149 Å². The number of anilines is 2. The van der Waals surface area contributed by atoms with E-state index in [1.165, 1.54) is 6.92 Å². The number of nitrogens with zero attached hydrogens (tertiary/aromatic N) is 1. The predicted molar refractivity (Wildman–Crippen MR) is 103 cm³/mol. The molecule has 0 aromatic heterocycles. The molecule has 0 bridgehead atoms. The number of amides is 2. The van der Waals surface area contributed by atoms with Gasteiger partial charge in [-0.15, -0.1) is 0 Å². The van der Waals surface area contributed by atoms with Gasteiger partial charge in [0.05, 0.1) is 0 Å². The van der Waals surface area contributed by atoms with Crippen LogP contribution in [0.15, 0.2) is 36.4 Å². The summed E-state index contributed by atoms with van der Waals surface area (Å²) in [6.07, 6.45) is 0.250.